The highest BCUT2D eigenvalue weighted by Crippen LogP contribution is 2.34. The van der Waals surface area contributed by atoms with Crippen LogP contribution >= 0.6 is 11.6 Å². The van der Waals surface area contributed by atoms with Gasteiger partial charge in [0.1, 0.15) is 23.8 Å². The van der Waals surface area contributed by atoms with Gasteiger partial charge in [0.25, 0.3) is 0 Å². The molecule has 0 aliphatic heterocycles. The Morgan fingerprint density at radius 3 is 2.40 bits per heavy atom. The van der Waals surface area contributed by atoms with Crippen LogP contribution in [0.2, 0.25) is 5.02 Å². The quantitative estimate of drug-likeness (QED) is 0.294. The molecule has 0 amide bonds. The first kappa shape index (κ1) is 23.1. The van der Waals surface area contributed by atoms with E-state index < -0.39 is 0 Å². The molecule has 0 aliphatic carbocycles. The molecule has 2 aromatic carbocycles. The lowest BCUT2D eigenvalue weighted by atomic mass is 9.92. The number of fused-ring (bicyclic) bond motifs is 1. The third-order valence-electron chi connectivity index (χ3n) is 6.14. The maximum Gasteiger partial charge on any atom is 0.150 e. The van der Waals surface area contributed by atoms with Crippen LogP contribution in [0, 0.1) is 19.7 Å². The van der Waals surface area contributed by atoms with E-state index in [0.717, 1.165) is 33.7 Å². The van der Waals surface area contributed by atoms with Gasteiger partial charge in [-0.05, 0) is 55.8 Å². The van der Waals surface area contributed by atoms with Gasteiger partial charge in [0, 0.05) is 27.9 Å². The van der Waals surface area contributed by atoms with Gasteiger partial charge in [-0.1, -0.05) is 44.5 Å². The van der Waals surface area contributed by atoms with E-state index in [2.05, 4.69) is 54.5 Å². The Morgan fingerprint density at radius 2 is 1.69 bits per heavy atom. The molecule has 3 heterocycles. The Morgan fingerprint density at radius 1 is 0.943 bits per heavy atom. The molecule has 0 spiro atoms. The van der Waals surface area contributed by atoms with Crippen LogP contribution < -0.4 is 5.32 Å². The number of aromatic nitrogens is 5. The van der Waals surface area contributed by atoms with E-state index in [0.29, 0.717) is 22.3 Å². The van der Waals surface area contributed by atoms with Crippen LogP contribution in [0.15, 0.2) is 60.9 Å². The number of hydrogen-bond acceptors (Lipinski definition) is 4. The van der Waals surface area contributed by atoms with Crippen molar-refractivity contribution in [3.63, 3.8) is 0 Å². The number of halogens is 2. The molecule has 0 bridgehead atoms. The molecule has 0 radical (unpaired) electrons. The predicted molar refractivity (Wildman–Crippen MR) is 139 cm³/mol. The molecule has 5 aromatic rings. The molecule has 0 aliphatic rings. The van der Waals surface area contributed by atoms with Gasteiger partial charge in [-0.15, -0.1) is 0 Å². The molecule has 5 rings (SSSR count). The summed E-state index contributed by atoms with van der Waals surface area (Å²) in [6, 6.07) is 16.1. The van der Waals surface area contributed by atoms with Crippen LogP contribution in [0.5, 0.6) is 0 Å². The normalized spacial score (nSPS) is 11.9. The van der Waals surface area contributed by atoms with Gasteiger partial charge < -0.3 is 5.32 Å². The molecule has 0 unspecified atom stereocenters. The lowest BCUT2D eigenvalue weighted by Gasteiger charge is -2.14. The zero-order valence-corrected chi connectivity index (χ0v) is 21.0. The molecule has 6 nitrogen and oxygen atoms in total. The Kier molecular flexibility index (Phi) is 5.60. The second-order valence-corrected chi connectivity index (χ2v) is 10.1. The summed E-state index contributed by atoms with van der Waals surface area (Å²) in [4.78, 5) is 9.18. The summed E-state index contributed by atoms with van der Waals surface area (Å²) in [6.45, 7) is 10.4. The standard InChI is InChI=1S/C27H26ClFN6/c1-16-17(2)34(20-10-6-8-18(28)12-20)26-24(16)25(30-15-31-26)32-23-14-22(27(3,4)5)33-35(23)21-11-7-9-19(29)13-21/h6-15H,1-5H3,(H,30,31,32). The van der Waals surface area contributed by atoms with Crippen LogP contribution in [0.25, 0.3) is 22.4 Å². The smallest absolute Gasteiger partial charge is 0.150 e. The number of nitrogens with zero attached hydrogens (tertiary/aromatic N) is 5. The van der Waals surface area contributed by atoms with Gasteiger partial charge in [0.05, 0.1) is 16.8 Å². The van der Waals surface area contributed by atoms with Gasteiger partial charge in [0.2, 0.25) is 0 Å². The van der Waals surface area contributed by atoms with Crippen molar-refractivity contribution in [3.05, 3.63) is 88.7 Å². The summed E-state index contributed by atoms with van der Waals surface area (Å²) < 4.78 is 17.8. The minimum Gasteiger partial charge on any atom is -0.324 e. The largest absolute Gasteiger partial charge is 0.324 e. The van der Waals surface area contributed by atoms with E-state index in [1.807, 2.05) is 36.4 Å². The molecule has 0 atom stereocenters. The van der Waals surface area contributed by atoms with E-state index in [1.54, 1.807) is 10.7 Å². The molecule has 1 N–H and O–H groups in total. The Balaban J connectivity index is 1.68. The maximum absolute atomic E-state index is 14.1. The minimum atomic E-state index is -0.323. The molecule has 0 saturated carbocycles. The van der Waals surface area contributed by atoms with Gasteiger partial charge in [-0.3, -0.25) is 4.57 Å². The molecule has 35 heavy (non-hydrogen) atoms. The SMILES string of the molecule is Cc1c(C)n(-c2cccc(Cl)c2)c2ncnc(Nc3cc(C(C)(C)C)nn3-c3cccc(F)c3)c12. The number of hydrogen-bond donors (Lipinski definition) is 1. The van der Waals surface area contributed by atoms with Crippen molar-refractivity contribution in [2.75, 3.05) is 5.32 Å². The van der Waals surface area contributed by atoms with E-state index in [9.17, 15) is 4.39 Å². The average Bonchev–Trinajstić information content (AvgIpc) is 3.34. The van der Waals surface area contributed by atoms with Crippen LogP contribution in [0.1, 0.15) is 37.7 Å². The van der Waals surface area contributed by atoms with Crippen molar-refractivity contribution >= 4 is 34.3 Å². The van der Waals surface area contributed by atoms with Crippen molar-refractivity contribution in [3.8, 4) is 11.4 Å². The van der Waals surface area contributed by atoms with E-state index in [4.69, 9.17) is 16.7 Å². The second kappa shape index (κ2) is 8.50. The molecule has 0 saturated heterocycles. The summed E-state index contributed by atoms with van der Waals surface area (Å²) in [7, 11) is 0. The zero-order valence-electron chi connectivity index (χ0n) is 20.3. The Bertz CT molecular complexity index is 1560. The number of benzene rings is 2. The fourth-order valence-corrected chi connectivity index (χ4v) is 4.37. The van der Waals surface area contributed by atoms with Crippen LogP contribution in [-0.2, 0) is 5.41 Å². The summed E-state index contributed by atoms with van der Waals surface area (Å²) in [5.41, 5.74) is 5.09. The fourth-order valence-electron chi connectivity index (χ4n) is 4.19. The highest BCUT2D eigenvalue weighted by Gasteiger charge is 2.23. The maximum atomic E-state index is 14.1. The first-order valence-corrected chi connectivity index (χ1v) is 11.7. The lowest BCUT2D eigenvalue weighted by Crippen LogP contribution is -2.12. The lowest BCUT2D eigenvalue weighted by molar-refractivity contribution is 0.560. The highest BCUT2D eigenvalue weighted by molar-refractivity contribution is 6.30. The molecular weight excluding hydrogens is 463 g/mol. The number of aryl methyl sites for hydroxylation is 1. The van der Waals surface area contributed by atoms with Crippen molar-refractivity contribution in [2.45, 2.75) is 40.0 Å². The van der Waals surface area contributed by atoms with Crippen molar-refractivity contribution in [1.82, 2.24) is 24.3 Å². The monoisotopic (exact) mass is 488 g/mol. The summed E-state index contributed by atoms with van der Waals surface area (Å²) in [5, 5.41) is 9.81. The van der Waals surface area contributed by atoms with Crippen LogP contribution in [0.3, 0.4) is 0 Å². The van der Waals surface area contributed by atoms with Gasteiger partial charge >= 0.3 is 0 Å². The third-order valence-corrected chi connectivity index (χ3v) is 6.37. The molecule has 0 fully saturated rings. The van der Waals surface area contributed by atoms with Gasteiger partial charge in [-0.2, -0.15) is 5.10 Å². The summed E-state index contributed by atoms with van der Waals surface area (Å²) >= 11 is 6.27. The predicted octanol–water partition coefficient (Wildman–Crippen LogP) is 7.06. The summed E-state index contributed by atoms with van der Waals surface area (Å²) in [6.07, 6.45) is 1.54. The van der Waals surface area contributed by atoms with E-state index >= 15 is 0 Å². The number of nitrogens with one attached hydrogen (secondary N) is 1. The van der Waals surface area contributed by atoms with Gasteiger partial charge in [0.15, 0.2) is 5.65 Å². The Hall–Kier alpha value is -3.71. The Labute approximate surface area is 208 Å². The molecule has 178 valence electrons. The van der Waals surface area contributed by atoms with Gasteiger partial charge in [-0.25, -0.2) is 19.0 Å². The molecule has 8 heteroatoms. The average molecular weight is 489 g/mol. The first-order valence-electron chi connectivity index (χ1n) is 11.4. The van der Waals surface area contributed by atoms with Crippen LogP contribution in [0.4, 0.5) is 16.0 Å². The first-order chi connectivity index (χ1) is 16.6. The second-order valence-electron chi connectivity index (χ2n) is 9.63. The van der Waals surface area contributed by atoms with Crippen molar-refractivity contribution in [2.24, 2.45) is 0 Å². The number of rotatable bonds is 4. The van der Waals surface area contributed by atoms with Crippen molar-refractivity contribution < 1.29 is 4.39 Å². The van der Waals surface area contributed by atoms with E-state index in [1.165, 1.54) is 18.5 Å². The number of anilines is 2. The van der Waals surface area contributed by atoms with Crippen molar-refractivity contribution in [1.29, 1.82) is 0 Å². The fraction of sp³-hybridized carbons (Fsp3) is 0.222. The topological polar surface area (TPSA) is 60.6 Å². The zero-order chi connectivity index (χ0) is 24.9. The summed E-state index contributed by atoms with van der Waals surface area (Å²) in [5.74, 6) is 1.01. The highest BCUT2D eigenvalue weighted by atomic mass is 35.5. The molecular formula is C27H26ClFN6. The van der Waals surface area contributed by atoms with Crippen LogP contribution in [-0.4, -0.2) is 24.3 Å². The minimum absolute atomic E-state index is 0.196. The van der Waals surface area contributed by atoms with E-state index in [-0.39, 0.29) is 11.2 Å². The third kappa shape index (κ3) is 4.17. The molecule has 3 aromatic heterocycles.